The molecule has 9 nitrogen and oxygen atoms in total. The fourth-order valence-corrected chi connectivity index (χ4v) is 5.09. The zero-order valence-corrected chi connectivity index (χ0v) is 25.5. The molecular weight excluding hydrogens is 620 g/mol. The number of alkyl halides is 3. The number of amides is 2. The molecule has 242 valence electrons. The monoisotopic (exact) mass is 652 g/mol. The van der Waals surface area contributed by atoms with Gasteiger partial charge in [0.1, 0.15) is 11.2 Å². The highest BCUT2D eigenvalue weighted by Crippen LogP contribution is 2.44. The third kappa shape index (κ3) is 7.32. The molecule has 1 aromatic heterocycles. The van der Waals surface area contributed by atoms with Crippen LogP contribution in [0.5, 0.6) is 11.5 Å². The summed E-state index contributed by atoms with van der Waals surface area (Å²) in [6, 6.07) is 10.3. The lowest BCUT2D eigenvalue weighted by Gasteiger charge is -2.36. The minimum Gasteiger partial charge on any atom is -0.493 e. The summed E-state index contributed by atoms with van der Waals surface area (Å²) in [5, 5.41) is 14.6. The molecule has 4 rings (SSSR count). The lowest BCUT2D eigenvalue weighted by Crippen LogP contribution is -2.52. The molecule has 0 aliphatic carbocycles. The summed E-state index contributed by atoms with van der Waals surface area (Å²) in [5.74, 6) is -1.61. The maximum Gasteiger partial charge on any atom is 0.401 e. The van der Waals surface area contributed by atoms with Gasteiger partial charge in [0.25, 0.3) is 11.8 Å². The average molecular weight is 653 g/mol. The standard InChI is InChI=1S/C31H33ClF4N4O5/c1-29(2,37)19-14-22(17-4-6-21(33)20(32)12-17)40-26(15-19)30(9-11-41,31(34,35)36)16-39-27(42)18-5-7-23(25(13-18)44-3)45-24-8-10-38-28(24)43/h4-7,12-15,24,41H,8-11,16,37H2,1-3H3,(H,38,43)(H,39,42). The predicted octanol–water partition coefficient (Wildman–Crippen LogP) is 4.62. The lowest BCUT2D eigenvalue weighted by atomic mass is 9.78. The van der Waals surface area contributed by atoms with Crippen molar-refractivity contribution in [3.8, 4) is 22.8 Å². The molecule has 1 fully saturated rings. The smallest absolute Gasteiger partial charge is 0.401 e. The summed E-state index contributed by atoms with van der Waals surface area (Å²) in [6.45, 7) is 1.75. The first-order valence-corrected chi connectivity index (χ1v) is 14.3. The number of nitrogens with zero attached hydrogens (tertiary/aromatic N) is 1. The molecule has 0 radical (unpaired) electrons. The summed E-state index contributed by atoms with van der Waals surface area (Å²) >= 11 is 5.95. The van der Waals surface area contributed by atoms with Gasteiger partial charge in [-0.05, 0) is 74.4 Å². The Hall–Kier alpha value is -3.94. The highest BCUT2D eigenvalue weighted by molar-refractivity contribution is 6.31. The summed E-state index contributed by atoms with van der Waals surface area (Å²) in [4.78, 5) is 29.4. The van der Waals surface area contributed by atoms with E-state index in [-0.39, 0.29) is 44.8 Å². The van der Waals surface area contributed by atoms with Crippen molar-refractivity contribution in [1.29, 1.82) is 0 Å². The molecule has 45 heavy (non-hydrogen) atoms. The van der Waals surface area contributed by atoms with Crippen LogP contribution >= 0.6 is 11.6 Å². The molecule has 1 aliphatic heterocycles. The molecule has 14 heteroatoms. The number of ether oxygens (including phenoxy) is 2. The number of aliphatic hydroxyl groups is 1. The highest BCUT2D eigenvalue weighted by Gasteiger charge is 2.57. The number of rotatable bonds is 11. The number of halogens is 5. The van der Waals surface area contributed by atoms with Crippen molar-refractivity contribution in [2.75, 3.05) is 26.8 Å². The van der Waals surface area contributed by atoms with Crippen LogP contribution in [0.4, 0.5) is 17.6 Å². The van der Waals surface area contributed by atoms with E-state index in [9.17, 15) is 19.1 Å². The molecule has 0 saturated carbocycles. The SMILES string of the molecule is COc1cc(C(=O)NCC(CCO)(c2cc(C(C)(C)N)cc(-c3ccc(F)c(Cl)c3)n2)C(F)(F)F)ccc1OC1CCNC1=O. The maximum atomic E-state index is 15.1. The van der Waals surface area contributed by atoms with Crippen LogP contribution in [0.25, 0.3) is 11.3 Å². The number of pyridine rings is 1. The first kappa shape index (κ1) is 33.9. The number of aromatic nitrogens is 1. The van der Waals surface area contributed by atoms with Crippen LogP contribution < -0.4 is 25.8 Å². The van der Waals surface area contributed by atoms with Crippen LogP contribution in [0.3, 0.4) is 0 Å². The molecule has 2 unspecified atom stereocenters. The van der Waals surface area contributed by atoms with E-state index in [1.807, 2.05) is 0 Å². The van der Waals surface area contributed by atoms with Gasteiger partial charge in [0.2, 0.25) is 0 Å². The Labute approximate surface area is 262 Å². The molecule has 0 bridgehead atoms. The van der Waals surface area contributed by atoms with Crippen LogP contribution in [0.2, 0.25) is 5.02 Å². The van der Waals surface area contributed by atoms with E-state index in [0.29, 0.717) is 13.0 Å². The zero-order valence-electron chi connectivity index (χ0n) is 24.7. The van der Waals surface area contributed by atoms with Crippen molar-refractivity contribution < 1.29 is 41.7 Å². The number of benzene rings is 2. The van der Waals surface area contributed by atoms with Gasteiger partial charge in [0.05, 0.1) is 23.5 Å². The average Bonchev–Trinajstić information content (AvgIpc) is 3.39. The number of nitrogens with two attached hydrogens (primary N) is 1. The Morgan fingerprint density at radius 2 is 1.89 bits per heavy atom. The van der Waals surface area contributed by atoms with Gasteiger partial charge in [-0.25, -0.2) is 4.39 Å². The van der Waals surface area contributed by atoms with E-state index in [1.54, 1.807) is 13.8 Å². The van der Waals surface area contributed by atoms with Crippen LogP contribution in [-0.4, -0.2) is 61.0 Å². The Morgan fingerprint density at radius 3 is 2.47 bits per heavy atom. The molecule has 5 N–H and O–H groups in total. The second-order valence-electron chi connectivity index (χ2n) is 11.3. The Bertz CT molecular complexity index is 1580. The molecule has 1 saturated heterocycles. The zero-order chi connectivity index (χ0) is 33.2. The van der Waals surface area contributed by atoms with E-state index < -0.39 is 60.2 Å². The van der Waals surface area contributed by atoms with E-state index in [1.165, 1.54) is 49.6 Å². The van der Waals surface area contributed by atoms with E-state index in [4.69, 9.17) is 26.8 Å². The number of nitrogens with one attached hydrogen (secondary N) is 2. The first-order valence-electron chi connectivity index (χ1n) is 13.9. The van der Waals surface area contributed by atoms with E-state index in [2.05, 4.69) is 15.6 Å². The third-order valence-corrected chi connectivity index (χ3v) is 7.89. The van der Waals surface area contributed by atoms with Crippen LogP contribution in [-0.2, 0) is 15.7 Å². The van der Waals surface area contributed by atoms with Crippen molar-refractivity contribution in [1.82, 2.24) is 15.6 Å². The molecule has 1 aliphatic rings. The summed E-state index contributed by atoms with van der Waals surface area (Å²) < 4.78 is 70.2. The number of hydrogen-bond acceptors (Lipinski definition) is 7. The minimum atomic E-state index is -5.01. The molecule has 0 spiro atoms. The lowest BCUT2D eigenvalue weighted by molar-refractivity contribution is -0.194. The molecule has 2 atom stereocenters. The maximum absolute atomic E-state index is 15.1. The topological polar surface area (TPSA) is 136 Å². The van der Waals surface area contributed by atoms with Gasteiger partial charge in [-0.1, -0.05) is 11.6 Å². The Morgan fingerprint density at radius 1 is 1.16 bits per heavy atom. The molecule has 3 aromatic rings. The van der Waals surface area contributed by atoms with Gasteiger partial charge in [-0.2, -0.15) is 13.2 Å². The number of hydrogen-bond donors (Lipinski definition) is 4. The van der Waals surface area contributed by atoms with Gasteiger partial charge >= 0.3 is 6.18 Å². The largest absolute Gasteiger partial charge is 0.493 e. The van der Waals surface area contributed by atoms with Crippen molar-refractivity contribution in [3.05, 3.63) is 76.2 Å². The number of methoxy groups -OCH3 is 1. The fourth-order valence-electron chi connectivity index (χ4n) is 4.91. The van der Waals surface area contributed by atoms with Gasteiger partial charge in [-0.15, -0.1) is 0 Å². The van der Waals surface area contributed by atoms with Crippen molar-refractivity contribution >= 4 is 23.4 Å². The van der Waals surface area contributed by atoms with Crippen LogP contribution in [0, 0.1) is 5.82 Å². The third-order valence-electron chi connectivity index (χ3n) is 7.60. The second-order valence-corrected chi connectivity index (χ2v) is 11.7. The van der Waals surface area contributed by atoms with Gasteiger partial charge in [-0.3, -0.25) is 14.6 Å². The minimum absolute atomic E-state index is 0.0390. The number of carbonyl (C=O) groups excluding carboxylic acids is 2. The number of aliphatic hydroxyl groups excluding tert-OH is 1. The van der Waals surface area contributed by atoms with E-state index >= 15 is 13.2 Å². The molecule has 2 amide bonds. The van der Waals surface area contributed by atoms with Crippen molar-refractivity contribution in [3.63, 3.8) is 0 Å². The van der Waals surface area contributed by atoms with Crippen LogP contribution in [0.15, 0.2) is 48.5 Å². The van der Waals surface area contributed by atoms with Crippen molar-refractivity contribution in [2.45, 2.75) is 49.9 Å². The molecular formula is C31H33ClF4N4O5. The quantitative estimate of drug-likeness (QED) is 0.222. The summed E-state index contributed by atoms with van der Waals surface area (Å²) in [7, 11) is 1.32. The van der Waals surface area contributed by atoms with Gasteiger partial charge < -0.3 is 30.9 Å². The van der Waals surface area contributed by atoms with Gasteiger partial charge in [0, 0.05) is 42.8 Å². The van der Waals surface area contributed by atoms with Crippen LogP contribution in [0.1, 0.15) is 48.3 Å². The fraction of sp³-hybridized carbons (Fsp3) is 0.387. The number of carbonyl (C=O) groups is 2. The predicted molar refractivity (Wildman–Crippen MR) is 159 cm³/mol. The van der Waals surface area contributed by atoms with E-state index in [0.717, 1.165) is 6.07 Å². The Kier molecular flexibility index (Phi) is 9.95. The second kappa shape index (κ2) is 13.2. The molecule has 2 aromatic carbocycles. The summed E-state index contributed by atoms with van der Waals surface area (Å²) in [5.41, 5.74) is 2.31. The molecule has 2 heterocycles. The van der Waals surface area contributed by atoms with Gasteiger partial charge in [0.15, 0.2) is 17.6 Å². The highest BCUT2D eigenvalue weighted by atomic mass is 35.5. The summed E-state index contributed by atoms with van der Waals surface area (Å²) in [6.07, 6.45) is -6.17. The first-order chi connectivity index (χ1) is 21.1. The normalized spacial score (nSPS) is 16.6. The Balaban J connectivity index is 1.72. The van der Waals surface area contributed by atoms with Crippen molar-refractivity contribution in [2.24, 2.45) is 5.73 Å².